The summed E-state index contributed by atoms with van der Waals surface area (Å²) in [6.45, 7) is 3.05. The molecule has 1 fully saturated rings. The molecule has 20 heavy (non-hydrogen) atoms. The van der Waals surface area contributed by atoms with Crippen molar-refractivity contribution in [1.82, 2.24) is 4.90 Å². The third kappa shape index (κ3) is 3.91. The molecule has 0 saturated carbocycles. The van der Waals surface area contributed by atoms with Gasteiger partial charge < -0.3 is 15.1 Å². The molecule has 1 saturated heterocycles. The molecule has 1 unspecified atom stereocenters. The third-order valence-corrected chi connectivity index (χ3v) is 3.44. The molecule has 1 aromatic rings. The number of benzene rings is 1. The van der Waals surface area contributed by atoms with Crippen LogP contribution in [0.1, 0.15) is 6.42 Å². The van der Waals surface area contributed by atoms with Crippen LogP contribution in [-0.2, 0) is 4.79 Å². The van der Waals surface area contributed by atoms with Gasteiger partial charge in [-0.15, -0.1) is 0 Å². The fourth-order valence-corrected chi connectivity index (χ4v) is 2.44. The maximum atomic E-state index is 13.7. The number of aliphatic carboxylic acids is 1. The van der Waals surface area contributed by atoms with Gasteiger partial charge in [-0.1, -0.05) is 12.1 Å². The summed E-state index contributed by atoms with van der Waals surface area (Å²) in [7, 11) is 0. The van der Waals surface area contributed by atoms with Gasteiger partial charge in [0.25, 0.3) is 0 Å². The van der Waals surface area contributed by atoms with E-state index < -0.39 is 12.1 Å². The van der Waals surface area contributed by atoms with Crippen molar-refractivity contribution >= 4 is 11.7 Å². The van der Waals surface area contributed by atoms with Crippen LogP contribution in [0, 0.1) is 5.82 Å². The molecule has 5 nitrogen and oxygen atoms in total. The number of para-hydroxylation sites is 1. The number of halogens is 1. The van der Waals surface area contributed by atoms with E-state index >= 15 is 0 Å². The molecule has 1 aromatic carbocycles. The van der Waals surface area contributed by atoms with Crippen LogP contribution in [-0.4, -0.2) is 59.9 Å². The first-order chi connectivity index (χ1) is 9.56. The number of carboxylic acid groups (broad SMARTS) is 1. The highest BCUT2D eigenvalue weighted by Crippen LogP contribution is 2.20. The minimum atomic E-state index is -0.998. The molecule has 1 atom stereocenters. The molecule has 110 valence electrons. The summed E-state index contributed by atoms with van der Waals surface area (Å²) < 4.78 is 13.7. The fraction of sp³-hybridized carbons (Fsp3) is 0.500. The summed E-state index contributed by atoms with van der Waals surface area (Å²) in [6, 6.07) is 6.67. The van der Waals surface area contributed by atoms with Crippen LogP contribution >= 0.6 is 0 Å². The number of hydrogen-bond donors (Lipinski definition) is 2. The van der Waals surface area contributed by atoms with E-state index in [1.165, 1.54) is 6.07 Å². The molecular formula is C14H19FN2O3. The quantitative estimate of drug-likeness (QED) is 0.835. The molecule has 1 aliphatic rings. The van der Waals surface area contributed by atoms with Gasteiger partial charge in [0.1, 0.15) is 5.82 Å². The highest BCUT2D eigenvalue weighted by molar-refractivity contribution is 5.67. The smallest absolute Gasteiger partial charge is 0.306 e. The van der Waals surface area contributed by atoms with Crippen LogP contribution in [0.25, 0.3) is 0 Å². The first kappa shape index (κ1) is 14.7. The van der Waals surface area contributed by atoms with Gasteiger partial charge in [0.2, 0.25) is 0 Å². The van der Waals surface area contributed by atoms with Crippen molar-refractivity contribution in [1.29, 1.82) is 0 Å². The molecule has 1 heterocycles. The summed E-state index contributed by atoms with van der Waals surface area (Å²) in [5.74, 6) is -1.23. The molecule has 1 aliphatic heterocycles. The topological polar surface area (TPSA) is 64.0 Å². The van der Waals surface area contributed by atoms with Gasteiger partial charge in [-0.2, -0.15) is 0 Å². The second-order valence-corrected chi connectivity index (χ2v) is 4.99. The van der Waals surface area contributed by atoms with E-state index in [1.807, 2.05) is 9.80 Å². The SMILES string of the molecule is O=C(O)CC(O)CN1CCN(c2ccccc2F)CC1. The lowest BCUT2D eigenvalue weighted by atomic mass is 10.2. The van der Waals surface area contributed by atoms with E-state index in [9.17, 15) is 14.3 Å². The van der Waals surface area contributed by atoms with Gasteiger partial charge in [-0.25, -0.2) is 4.39 Å². The van der Waals surface area contributed by atoms with Crippen LogP contribution in [0.2, 0.25) is 0 Å². The molecule has 0 amide bonds. The average Bonchev–Trinajstić information content (AvgIpc) is 2.39. The van der Waals surface area contributed by atoms with E-state index in [0.29, 0.717) is 38.4 Å². The molecule has 0 radical (unpaired) electrons. The zero-order valence-electron chi connectivity index (χ0n) is 11.2. The number of anilines is 1. The Kier molecular flexibility index (Phi) is 4.92. The standard InChI is InChI=1S/C14H19FN2O3/c15-12-3-1-2-4-13(12)17-7-5-16(6-8-17)10-11(18)9-14(19)20/h1-4,11,18H,5-10H2,(H,19,20). The van der Waals surface area contributed by atoms with E-state index in [2.05, 4.69) is 0 Å². The highest BCUT2D eigenvalue weighted by atomic mass is 19.1. The Hall–Kier alpha value is -1.66. The van der Waals surface area contributed by atoms with Gasteiger partial charge >= 0.3 is 5.97 Å². The van der Waals surface area contributed by atoms with Gasteiger partial charge in [-0.05, 0) is 12.1 Å². The first-order valence-corrected chi connectivity index (χ1v) is 6.68. The minimum absolute atomic E-state index is 0.230. The molecule has 2 rings (SSSR count). The zero-order valence-corrected chi connectivity index (χ0v) is 11.2. The number of β-amino-alcohol motifs (C(OH)–C–C–N with tert-alkyl or cyclic N) is 1. The van der Waals surface area contributed by atoms with Crippen LogP contribution in [0.15, 0.2) is 24.3 Å². The summed E-state index contributed by atoms with van der Waals surface area (Å²) >= 11 is 0. The number of piperazine rings is 1. The number of carbonyl (C=O) groups is 1. The third-order valence-electron chi connectivity index (χ3n) is 3.44. The van der Waals surface area contributed by atoms with Gasteiger partial charge in [0.05, 0.1) is 18.2 Å². The summed E-state index contributed by atoms with van der Waals surface area (Å²) in [4.78, 5) is 14.5. The predicted octanol–water partition coefficient (Wildman–Crippen LogP) is 0.783. The number of nitrogens with zero attached hydrogens (tertiary/aromatic N) is 2. The molecule has 0 aliphatic carbocycles. The number of carboxylic acids is 1. The lowest BCUT2D eigenvalue weighted by Gasteiger charge is -2.36. The molecular weight excluding hydrogens is 263 g/mol. The van der Waals surface area contributed by atoms with Gasteiger partial charge in [0, 0.05) is 32.7 Å². The fourth-order valence-electron chi connectivity index (χ4n) is 2.44. The number of aliphatic hydroxyl groups is 1. The van der Waals surface area contributed by atoms with Crippen LogP contribution in [0.3, 0.4) is 0 Å². The van der Waals surface area contributed by atoms with Crippen LogP contribution in [0.4, 0.5) is 10.1 Å². The van der Waals surface area contributed by atoms with E-state index in [1.54, 1.807) is 18.2 Å². The first-order valence-electron chi connectivity index (χ1n) is 6.68. The van der Waals surface area contributed by atoms with Crippen molar-refractivity contribution in [3.8, 4) is 0 Å². The van der Waals surface area contributed by atoms with Crippen molar-refractivity contribution in [2.45, 2.75) is 12.5 Å². The monoisotopic (exact) mass is 282 g/mol. The molecule has 0 spiro atoms. The zero-order chi connectivity index (χ0) is 14.5. The Bertz CT molecular complexity index is 461. The van der Waals surface area contributed by atoms with Crippen molar-refractivity contribution in [2.75, 3.05) is 37.6 Å². The maximum absolute atomic E-state index is 13.7. The van der Waals surface area contributed by atoms with Crippen molar-refractivity contribution in [2.24, 2.45) is 0 Å². The largest absolute Gasteiger partial charge is 0.481 e. The number of rotatable bonds is 5. The molecule has 6 heteroatoms. The Morgan fingerprint density at radius 3 is 2.50 bits per heavy atom. The van der Waals surface area contributed by atoms with Crippen molar-refractivity contribution < 1.29 is 19.4 Å². The Morgan fingerprint density at radius 2 is 1.90 bits per heavy atom. The Labute approximate surface area is 117 Å². The van der Waals surface area contributed by atoms with Crippen molar-refractivity contribution in [3.63, 3.8) is 0 Å². The summed E-state index contributed by atoms with van der Waals surface area (Å²) in [6.07, 6.45) is -1.10. The summed E-state index contributed by atoms with van der Waals surface area (Å²) in [5.41, 5.74) is 0.596. The van der Waals surface area contributed by atoms with Gasteiger partial charge in [-0.3, -0.25) is 9.69 Å². The van der Waals surface area contributed by atoms with Crippen LogP contribution < -0.4 is 4.90 Å². The second-order valence-electron chi connectivity index (χ2n) is 4.99. The van der Waals surface area contributed by atoms with E-state index in [-0.39, 0.29) is 12.2 Å². The Balaban J connectivity index is 1.84. The lowest BCUT2D eigenvalue weighted by molar-refractivity contribution is -0.139. The van der Waals surface area contributed by atoms with E-state index in [0.717, 1.165) is 0 Å². The predicted molar refractivity (Wildman–Crippen MR) is 73.3 cm³/mol. The summed E-state index contributed by atoms with van der Waals surface area (Å²) in [5, 5.41) is 18.2. The maximum Gasteiger partial charge on any atom is 0.306 e. The number of hydrogen-bond acceptors (Lipinski definition) is 4. The number of aliphatic hydroxyl groups excluding tert-OH is 1. The Morgan fingerprint density at radius 1 is 1.25 bits per heavy atom. The van der Waals surface area contributed by atoms with Gasteiger partial charge in [0.15, 0.2) is 0 Å². The molecule has 0 aromatic heterocycles. The molecule has 2 N–H and O–H groups in total. The van der Waals surface area contributed by atoms with Crippen molar-refractivity contribution in [3.05, 3.63) is 30.1 Å². The highest BCUT2D eigenvalue weighted by Gasteiger charge is 2.21. The minimum Gasteiger partial charge on any atom is -0.481 e. The van der Waals surface area contributed by atoms with Crippen LogP contribution in [0.5, 0.6) is 0 Å². The average molecular weight is 282 g/mol. The van der Waals surface area contributed by atoms with E-state index in [4.69, 9.17) is 5.11 Å². The normalized spacial score (nSPS) is 18.0. The lowest BCUT2D eigenvalue weighted by Crippen LogP contribution is -2.49. The molecule has 0 bridgehead atoms. The second kappa shape index (κ2) is 6.67.